The van der Waals surface area contributed by atoms with E-state index in [-0.39, 0.29) is 86.5 Å². The van der Waals surface area contributed by atoms with Gasteiger partial charge in [0.1, 0.15) is 12.1 Å². The molecule has 0 aliphatic carbocycles. The zero-order valence-electron chi connectivity index (χ0n) is 38.4. The Bertz CT molecular complexity index is 1460. The number of carbonyl (C=O) groups is 5. The molecule has 0 radical (unpaired) electrons. The molecular formula is C44H77N7O9. The second kappa shape index (κ2) is 26.6. The van der Waals surface area contributed by atoms with Crippen LogP contribution in [0.15, 0.2) is 30.3 Å². The van der Waals surface area contributed by atoms with Gasteiger partial charge >= 0.3 is 0 Å². The Morgan fingerprint density at radius 3 is 2.08 bits per heavy atom. The van der Waals surface area contributed by atoms with Crippen LogP contribution in [0.5, 0.6) is 0 Å². The molecule has 60 heavy (non-hydrogen) atoms. The van der Waals surface area contributed by atoms with E-state index in [1.807, 2.05) is 90.9 Å². The number of nitrogens with one attached hydrogen (secondary N) is 3. The minimum atomic E-state index is -0.874. The highest BCUT2D eigenvalue weighted by atomic mass is 16.6. The van der Waals surface area contributed by atoms with Crippen LogP contribution >= 0.6 is 0 Å². The third-order valence-electron chi connectivity index (χ3n) is 11.8. The second-order valence-electron chi connectivity index (χ2n) is 17.0. The van der Waals surface area contributed by atoms with Crippen molar-refractivity contribution in [3.8, 4) is 0 Å². The number of hydrogen-bond acceptors (Lipinski definition) is 11. The fraction of sp³-hybridized carbons (Fsp3) is 0.750. The fourth-order valence-electron chi connectivity index (χ4n) is 8.35. The van der Waals surface area contributed by atoms with Crippen molar-refractivity contribution in [2.45, 2.75) is 123 Å². The van der Waals surface area contributed by atoms with E-state index in [2.05, 4.69) is 20.8 Å². The van der Waals surface area contributed by atoms with E-state index in [0.717, 1.165) is 12.0 Å². The van der Waals surface area contributed by atoms with Crippen molar-refractivity contribution in [3.63, 3.8) is 0 Å². The standard InChI is InChI=1S/C44H77N7O9/c1-13-30(6)39(50(10)44(56)37(28(2)3)48-43(55)38(29(4)5)49(8)9)35(57-11)27-36(52)51-22-17-20-34(51)40(58-12)31(7)41(53)47-33(26-32-18-15-14-16-19-32)42(54)46-21-23-59-24-25-60-45/h14-16,18-19,28-31,33-35,37-40H,13,17,20-27,45H2,1-12H3,(H,46,54)(H,47,53)(H,48,55)/t30-,31+,33?,34-,35+,37-,38?,39-,40+/m0/s1. The maximum absolute atomic E-state index is 14.3. The van der Waals surface area contributed by atoms with Gasteiger partial charge in [-0.15, -0.1) is 0 Å². The van der Waals surface area contributed by atoms with Crippen LogP contribution in [0.2, 0.25) is 0 Å². The minimum absolute atomic E-state index is 0.00627. The van der Waals surface area contributed by atoms with Gasteiger partial charge in [-0.25, -0.2) is 5.90 Å². The normalized spacial score (nSPS) is 18.3. The molecule has 0 aromatic heterocycles. The summed E-state index contributed by atoms with van der Waals surface area (Å²) in [5.41, 5.74) is 0.877. The Morgan fingerprint density at radius 1 is 0.867 bits per heavy atom. The predicted octanol–water partition coefficient (Wildman–Crippen LogP) is 2.38. The van der Waals surface area contributed by atoms with Gasteiger partial charge in [0.2, 0.25) is 29.5 Å². The molecule has 1 saturated heterocycles. The molecule has 9 atom stereocenters. The van der Waals surface area contributed by atoms with Crippen LogP contribution in [0.1, 0.15) is 79.7 Å². The van der Waals surface area contributed by atoms with Crippen molar-refractivity contribution in [2.75, 3.05) is 68.3 Å². The van der Waals surface area contributed by atoms with Crippen LogP contribution < -0.4 is 21.8 Å². The quantitative estimate of drug-likeness (QED) is 0.0751. The Morgan fingerprint density at radius 2 is 1.53 bits per heavy atom. The molecule has 1 aromatic rings. The number of rotatable bonds is 27. The van der Waals surface area contributed by atoms with E-state index >= 15 is 0 Å². The number of likely N-dealkylation sites (N-methyl/N-ethyl adjacent to an activating group) is 2. The van der Waals surface area contributed by atoms with E-state index in [0.29, 0.717) is 19.4 Å². The smallest absolute Gasteiger partial charge is 0.245 e. The molecule has 0 spiro atoms. The summed E-state index contributed by atoms with van der Waals surface area (Å²) in [4.78, 5) is 79.3. The number of nitrogens with two attached hydrogens (primary N) is 1. The maximum atomic E-state index is 14.3. The Hall–Kier alpha value is -3.67. The molecule has 16 heteroatoms. The summed E-state index contributed by atoms with van der Waals surface area (Å²) >= 11 is 0. The SMILES string of the molecule is CC[C@H](C)[C@@H]([C@@H](CC(=O)N1CCC[C@H]1[C@H](OC)[C@@H](C)C(=O)NC(Cc1ccccc1)C(=O)NCCOCCON)OC)N(C)C(=O)[C@@H](NC(=O)C(C(C)C)N(C)C)C(C)C. The average molecular weight is 848 g/mol. The third kappa shape index (κ3) is 15.4. The van der Waals surface area contributed by atoms with Crippen LogP contribution in [0.4, 0.5) is 0 Å². The van der Waals surface area contributed by atoms with Gasteiger partial charge in [0.05, 0.1) is 62.5 Å². The van der Waals surface area contributed by atoms with Crippen molar-refractivity contribution in [1.82, 2.24) is 30.7 Å². The van der Waals surface area contributed by atoms with Crippen molar-refractivity contribution in [3.05, 3.63) is 35.9 Å². The Kier molecular flexibility index (Phi) is 23.3. The van der Waals surface area contributed by atoms with Crippen LogP contribution in [-0.4, -0.2) is 155 Å². The lowest BCUT2D eigenvalue weighted by molar-refractivity contribution is -0.148. The molecule has 16 nitrogen and oxygen atoms in total. The monoisotopic (exact) mass is 848 g/mol. The highest BCUT2D eigenvalue weighted by Gasteiger charge is 2.43. The van der Waals surface area contributed by atoms with Crippen LogP contribution in [0.25, 0.3) is 0 Å². The summed E-state index contributed by atoms with van der Waals surface area (Å²) in [6, 6.07) is 6.47. The molecule has 342 valence electrons. The summed E-state index contributed by atoms with van der Waals surface area (Å²) < 4.78 is 17.4. The van der Waals surface area contributed by atoms with Gasteiger partial charge in [-0.2, -0.15) is 0 Å². The molecule has 1 heterocycles. The van der Waals surface area contributed by atoms with Gasteiger partial charge < -0.3 is 44.8 Å². The molecule has 1 aliphatic rings. The number of benzene rings is 1. The zero-order valence-corrected chi connectivity index (χ0v) is 38.4. The summed E-state index contributed by atoms with van der Waals surface area (Å²) in [6.07, 6.45) is 0.992. The molecule has 2 unspecified atom stereocenters. The van der Waals surface area contributed by atoms with Crippen LogP contribution in [-0.2, 0) is 49.4 Å². The van der Waals surface area contributed by atoms with E-state index in [1.165, 1.54) is 7.11 Å². The van der Waals surface area contributed by atoms with Gasteiger partial charge in [-0.3, -0.25) is 28.9 Å². The fourth-order valence-corrected chi connectivity index (χ4v) is 8.35. The summed E-state index contributed by atoms with van der Waals surface area (Å²) in [7, 11) is 8.51. The molecule has 2 rings (SSSR count). The van der Waals surface area contributed by atoms with Crippen molar-refractivity contribution >= 4 is 29.5 Å². The lowest BCUT2D eigenvalue weighted by atomic mass is 9.89. The van der Waals surface area contributed by atoms with Gasteiger partial charge in [0.25, 0.3) is 0 Å². The van der Waals surface area contributed by atoms with Gasteiger partial charge in [-0.1, -0.05) is 85.2 Å². The summed E-state index contributed by atoms with van der Waals surface area (Å²) in [5, 5.41) is 8.84. The highest BCUT2D eigenvalue weighted by Crippen LogP contribution is 2.30. The Balaban J connectivity index is 2.27. The summed E-state index contributed by atoms with van der Waals surface area (Å²) in [5.74, 6) is 2.74. The largest absolute Gasteiger partial charge is 0.379 e. The van der Waals surface area contributed by atoms with E-state index in [1.54, 1.807) is 30.9 Å². The third-order valence-corrected chi connectivity index (χ3v) is 11.8. The molecule has 5 N–H and O–H groups in total. The van der Waals surface area contributed by atoms with Gasteiger partial charge in [0, 0.05) is 40.8 Å². The van der Waals surface area contributed by atoms with Crippen LogP contribution in [0, 0.1) is 23.7 Å². The highest BCUT2D eigenvalue weighted by molar-refractivity contribution is 5.90. The molecule has 0 bridgehead atoms. The second-order valence-corrected chi connectivity index (χ2v) is 17.0. The van der Waals surface area contributed by atoms with Crippen LogP contribution in [0.3, 0.4) is 0 Å². The summed E-state index contributed by atoms with van der Waals surface area (Å²) in [6.45, 7) is 15.0. The molecule has 1 fully saturated rings. The predicted molar refractivity (Wildman–Crippen MR) is 231 cm³/mol. The van der Waals surface area contributed by atoms with E-state index in [9.17, 15) is 24.0 Å². The maximum Gasteiger partial charge on any atom is 0.245 e. The number of amides is 5. The Labute approximate surface area is 359 Å². The van der Waals surface area contributed by atoms with Crippen molar-refractivity contribution in [2.24, 2.45) is 29.6 Å². The number of methoxy groups -OCH3 is 2. The lowest BCUT2D eigenvalue weighted by Crippen LogP contribution is -2.59. The van der Waals surface area contributed by atoms with Crippen molar-refractivity contribution < 1.29 is 43.0 Å². The van der Waals surface area contributed by atoms with E-state index in [4.69, 9.17) is 20.1 Å². The number of ether oxygens (including phenoxy) is 3. The first-order valence-electron chi connectivity index (χ1n) is 21.5. The lowest BCUT2D eigenvalue weighted by Gasteiger charge is -2.41. The molecule has 1 aromatic carbocycles. The minimum Gasteiger partial charge on any atom is -0.379 e. The topological polar surface area (TPSA) is 194 Å². The number of carbonyl (C=O) groups excluding carboxylic acids is 5. The van der Waals surface area contributed by atoms with Crippen molar-refractivity contribution in [1.29, 1.82) is 0 Å². The van der Waals surface area contributed by atoms with E-state index < -0.39 is 48.3 Å². The molecular weight excluding hydrogens is 771 g/mol. The first kappa shape index (κ1) is 52.5. The number of hydrogen-bond donors (Lipinski definition) is 4. The molecule has 5 amide bonds. The molecule has 0 saturated carbocycles. The van der Waals surface area contributed by atoms with Gasteiger partial charge in [-0.05, 0) is 50.3 Å². The first-order chi connectivity index (χ1) is 28.4. The first-order valence-corrected chi connectivity index (χ1v) is 21.5. The number of nitrogens with zero attached hydrogens (tertiary/aromatic N) is 3. The number of likely N-dealkylation sites (tertiary alicyclic amines) is 1. The zero-order chi connectivity index (χ0) is 45.1. The average Bonchev–Trinajstić information content (AvgIpc) is 3.70. The van der Waals surface area contributed by atoms with Gasteiger partial charge in [0.15, 0.2) is 0 Å². The molecule has 1 aliphatic heterocycles.